The van der Waals surface area contributed by atoms with Crippen LogP contribution in [0.2, 0.25) is 0 Å². The molecule has 1 aliphatic heterocycles. The van der Waals surface area contributed by atoms with Crippen molar-refractivity contribution in [2.75, 3.05) is 13.2 Å². The van der Waals surface area contributed by atoms with Crippen LogP contribution in [0.3, 0.4) is 0 Å². The van der Waals surface area contributed by atoms with E-state index < -0.39 is 5.41 Å². The summed E-state index contributed by atoms with van der Waals surface area (Å²) in [6, 6.07) is -0.312. The number of nitrogens with one attached hydrogen (secondary N) is 2. The number of carbonyl (C=O) groups excluding carboxylic acids is 2. The van der Waals surface area contributed by atoms with Crippen LogP contribution in [0.25, 0.3) is 0 Å². The predicted octanol–water partition coefficient (Wildman–Crippen LogP) is 2.50. The molecule has 1 aliphatic carbocycles. The van der Waals surface area contributed by atoms with Crippen molar-refractivity contribution in [3.63, 3.8) is 0 Å². The first-order valence-corrected chi connectivity index (χ1v) is 9.00. The highest BCUT2D eigenvalue weighted by Gasteiger charge is 2.43. The van der Waals surface area contributed by atoms with Crippen LogP contribution in [0, 0.1) is 10.8 Å². The average Bonchev–Trinajstić information content (AvgIpc) is 3.28. The van der Waals surface area contributed by atoms with E-state index in [4.69, 9.17) is 17.0 Å². The molecule has 0 spiro atoms. The fraction of sp³-hybridized carbons (Fsp3) is 0.722. The van der Waals surface area contributed by atoms with Crippen molar-refractivity contribution in [3.8, 4) is 0 Å². The zero-order chi connectivity index (χ0) is 18.0. The van der Waals surface area contributed by atoms with Gasteiger partial charge >= 0.3 is 5.97 Å². The Morgan fingerprint density at radius 1 is 1.33 bits per heavy atom. The minimum Gasteiger partial charge on any atom is -0.464 e. The molecule has 0 amide bonds. The zero-order valence-electron chi connectivity index (χ0n) is 15.0. The van der Waals surface area contributed by atoms with E-state index in [-0.39, 0.29) is 23.2 Å². The molecule has 5 nitrogen and oxygen atoms in total. The number of hydrogen-bond acceptors (Lipinski definition) is 5. The van der Waals surface area contributed by atoms with Gasteiger partial charge in [-0.3, -0.25) is 4.79 Å². The Morgan fingerprint density at radius 2 is 2.00 bits per heavy atom. The van der Waals surface area contributed by atoms with E-state index in [1.165, 1.54) is 11.1 Å². The minimum absolute atomic E-state index is 0.173. The lowest BCUT2D eigenvalue weighted by Crippen LogP contribution is -2.46. The highest BCUT2D eigenvalue weighted by atomic mass is 32.1. The molecule has 2 rings (SSSR count). The van der Waals surface area contributed by atoms with Crippen molar-refractivity contribution in [1.82, 2.24) is 10.6 Å². The highest BCUT2D eigenvalue weighted by Crippen LogP contribution is 2.41. The van der Waals surface area contributed by atoms with Crippen LogP contribution in [0.15, 0.2) is 11.3 Å². The van der Waals surface area contributed by atoms with Gasteiger partial charge in [0.2, 0.25) is 0 Å². The summed E-state index contributed by atoms with van der Waals surface area (Å²) >= 11 is 4.83. The topological polar surface area (TPSA) is 67.4 Å². The summed E-state index contributed by atoms with van der Waals surface area (Å²) in [5, 5.41) is 6.32. The van der Waals surface area contributed by atoms with Crippen LogP contribution in [-0.4, -0.2) is 36.4 Å². The lowest BCUT2D eigenvalue weighted by atomic mass is 9.64. The monoisotopic (exact) mass is 352 g/mol. The molecular formula is C18H28N2O3S. The third-order valence-corrected chi connectivity index (χ3v) is 5.73. The summed E-state index contributed by atoms with van der Waals surface area (Å²) in [4.78, 5) is 24.7. The smallest absolute Gasteiger partial charge is 0.328 e. The van der Waals surface area contributed by atoms with Gasteiger partial charge in [-0.25, -0.2) is 4.79 Å². The second-order valence-corrected chi connectivity index (χ2v) is 8.08. The number of esters is 1. The molecule has 2 fully saturated rings. The quantitative estimate of drug-likeness (QED) is 0.491. The van der Waals surface area contributed by atoms with Crippen molar-refractivity contribution in [2.45, 2.75) is 59.4 Å². The van der Waals surface area contributed by atoms with Crippen molar-refractivity contribution in [3.05, 3.63) is 11.3 Å². The van der Waals surface area contributed by atoms with Crippen molar-refractivity contribution in [1.29, 1.82) is 0 Å². The molecule has 1 heterocycles. The van der Waals surface area contributed by atoms with Gasteiger partial charge in [-0.05, 0) is 18.3 Å². The Balaban J connectivity index is 2.06. The van der Waals surface area contributed by atoms with Gasteiger partial charge in [-0.1, -0.05) is 45.5 Å². The molecule has 134 valence electrons. The van der Waals surface area contributed by atoms with Crippen LogP contribution < -0.4 is 10.6 Å². The van der Waals surface area contributed by atoms with Crippen LogP contribution in [0.4, 0.5) is 0 Å². The summed E-state index contributed by atoms with van der Waals surface area (Å²) < 4.78 is 5.01. The molecule has 0 radical (unpaired) electrons. The van der Waals surface area contributed by atoms with E-state index >= 15 is 0 Å². The Kier molecular flexibility index (Phi) is 5.68. The molecule has 0 aromatic heterocycles. The maximum absolute atomic E-state index is 13.0. The Bertz CT molecular complexity index is 561. The number of thiocarbonyl (C=S) groups is 1. The summed E-state index contributed by atoms with van der Waals surface area (Å²) in [5.74, 6) is -0.0436. The second kappa shape index (κ2) is 7.21. The van der Waals surface area contributed by atoms with Gasteiger partial charge in [0.15, 0.2) is 0 Å². The fourth-order valence-electron chi connectivity index (χ4n) is 2.76. The Morgan fingerprint density at radius 3 is 2.50 bits per heavy atom. The van der Waals surface area contributed by atoms with Gasteiger partial charge < -0.3 is 15.4 Å². The van der Waals surface area contributed by atoms with Crippen LogP contribution in [-0.2, 0) is 14.3 Å². The molecule has 1 saturated carbocycles. The largest absolute Gasteiger partial charge is 0.464 e. The summed E-state index contributed by atoms with van der Waals surface area (Å²) in [7, 11) is 0. The van der Waals surface area contributed by atoms with Crippen LogP contribution in [0.5, 0.6) is 0 Å². The summed E-state index contributed by atoms with van der Waals surface area (Å²) in [6.45, 7) is 9.21. The van der Waals surface area contributed by atoms with Crippen molar-refractivity contribution >= 4 is 29.5 Å². The number of carbonyl (C=O) groups is 2. The Labute approximate surface area is 149 Å². The van der Waals surface area contributed by atoms with E-state index in [0.29, 0.717) is 26.0 Å². The third kappa shape index (κ3) is 4.15. The number of cyclic esters (lactones) is 1. The average molecular weight is 353 g/mol. The van der Waals surface area contributed by atoms with Crippen LogP contribution in [0.1, 0.15) is 53.4 Å². The molecule has 2 aliphatic rings. The van der Waals surface area contributed by atoms with Crippen molar-refractivity contribution < 1.29 is 14.3 Å². The summed E-state index contributed by atoms with van der Waals surface area (Å²) in [6.07, 6.45) is 3.02. The number of ether oxygens (including phenoxy) is 1. The lowest BCUT2D eigenvalue weighted by molar-refractivity contribution is -0.139. The second-order valence-electron chi connectivity index (χ2n) is 7.84. The van der Waals surface area contributed by atoms with Gasteiger partial charge in [0.05, 0.1) is 12.1 Å². The normalized spacial score (nSPS) is 20.4. The van der Waals surface area contributed by atoms with Gasteiger partial charge in [-0.15, -0.1) is 0 Å². The molecule has 0 aromatic rings. The van der Waals surface area contributed by atoms with E-state index in [0.717, 1.165) is 18.5 Å². The third-order valence-electron chi connectivity index (χ3n) is 5.56. The molecule has 2 N–H and O–H groups in total. The number of hydrogen-bond donors (Lipinski definition) is 2. The van der Waals surface area contributed by atoms with E-state index in [9.17, 15) is 9.59 Å². The zero-order valence-corrected chi connectivity index (χ0v) is 15.8. The van der Waals surface area contributed by atoms with Gasteiger partial charge in [-0.2, -0.15) is 0 Å². The van der Waals surface area contributed by atoms with E-state index in [2.05, 4.69) is 24.5 Å². The highest BCUT2D eigenvalue weighted by molar-refractivity contribution is 7.78. The van der Waals surface area contributed by atoms with Crippen LogP contribution >= 0.6 is 12.2 Å². The minimum atomic E-state index is -0.517. The molecule has 1 unspecified atom stereocenters. The van der Waals surface area contributed by atoms with E-state index in [1.54, 1.807) is 0 Å². The van der Waals surface area contributed by atoms with Gasteiger partial charge in [0, 0.05) is 30.5 Å². The summed E-state index contributed by atoms with van der Waals surface area (Å²) in [5.41, 5.74) is 2.92. The first kappa shape index (κ1) is 18.9. The van der Waals surface area contributed by atoms with Gasteiger partial charge in [0.25, 0.3) is 0 Å². The lowest BCUT2D eigenvalue weighted by Gasteiger charge is -2.40. The first-order valence-electron chi connectivity index (χ1n) is 8.53. The first-order chi connectivity index (χ1) is 11.2. The number of rotatable bonds is 9. The molecule has 24 heavy (non-hydrogen) atoms. The predicted molar refractivity (Wildman–Crippen MR) is 97.6 cm³/mol. The molecule has 0 aromatic carbocycles. The number of allylic oxidation sites excluding steroid dienone is 2. The maximum Gasteiger partial charge on any atom is 0.328 e. The molecule has 1 saturated heterocycles. The molecule has 6 heteroatoms. The Hall–Kier alpha value is -1.43. The van der Waals surface area contributed by atoms with E-state index in [1.807, 2.05) is 13.8 Å². The SMILES string of the molecule is CC(C)(CNC=S)C(C)(C)C(=O)CC(NC1CCOC1=O)=C1CC1. The standard InChI is InChI=1S/C18H28N2O3S/c1-17(2,10-19-11-24)18(3,4)15(21)9-14(12-5-6-12)20-13-7-8-23-16(13)22/h11,13,20H,5-10H2,1-4H3,(H,19,24). The number of ketones is 1. The maximum atomic E-state index is 13.0. The fourth-order valence-corrected chi connectivity index (χ4v) is 2.84. The van der Waals surface area contributed by atoms with Crippen molar-refractivity contribution in [2.24, 2.45) is 10.8 Å². The van der Waals surface area contributed by atoms with Gasteiger partial charge in [0.1, 0.15) is 11.8 Å². The molecular weight excluding hydrogens is 324 g/mol. The number of Topliss-reactive ketones (excluding diaryl/α,β-unsaturated/α-hetero) is 1. The molecule has 0 bridgehead atoms. The molecule has 1 atom stereocenters.